The molecule has 0 bridgehead atoms. The molecule has 16 heteroatoms. The van der Waals surface area contributed by atoms with E-state index in [-0.39, 0.29) is 16.7 Å². The Morgan fingerprint density at radius 3 is 2.77 bits per heavy atom. The number of alkyl halides is 3. The smallest absolute Gasteiger partial charge is 0.451 e. The molecule has 0 amide bonds. The molecule has 0 radical (unpaired) electrons. The summed E-state index contributed by atoms with van der Waals surface area (Å²) in [6, 6.07) is 6.90. The maximum absolute atomic E-state index is 12.4. The molecule has 0 spiro atoms. The molecule has 1 aliphatic rings. The van der Waals surface area contributed by atoms with E-state index in [1.54, 1.807) is 24.4 Å². The van der Waals surface area contributed by atoms with Crippen LogP contribution in [0.2, 0.25) is 10.0 Å². The summed E-state index contributed by atoms with van der Waals surface area (Å²) in [4.78, 5) is 38.7. The molecule has 1 aromatic carbocycles. The molecule has 5 rings (SSSR count). The average Bonchev–Trinajstić information content (AvgIpc) is 3.52. The third kappa shape index (κ3) is 5.93. The molecule has 3 aromatic heterocycles. The first kappa shape index (κ1) is 27.9. The molecule has 0 saturated carbocycles. The minimum absolute atomic E-state index is 0.0977. The van der Waals surface area contributed by atoms with Crippen LogP contribution in [0.25, 0.3) is 16.9 Å². The second kappa shape index (κ2) is 11.1. The number of halogens is 5. The Bertz CT molecular complexity index is 1590. The summed E-state index contributed by atoms with van der Waals surface area (Å²) in [5.41, 5.74) is 7.85. The average molecular weight is 614 g/mol. The highest BCUT2D eigenvalue weighted by molar-refractivity contribution is 7.18. The lowest BCUT2D eigenvalue weighted by Gasteiger charge is -2.34. The van der Waals surface area contributed by atoms with Crippen LogP contribution in [-0.2, 0) is 9.53 Å². The zero-order valence-corrected chi connectivity index (χ0v) is 22.7. The van der Waals surface area contributed by atoms with Crippen LogP contribution in [0.15, 0.2) is 36.7 Å². The minimum Gasteiger partial charge on any atom is -0.451 e. The number of carbonyl (C=O) groups is 2. The van der Waals surface area contributed by atoms with Crippen LogP contribution in [-0.4, -0.2) is 63.0 Å². The fourth-order valence-corrected chi connectivity index (χ4v) is 5.68. The molecule has 4 heterocycles. The van der Waals surface area contributed by atoms with Crippen molar-refractivity contribution in [2.45, 2.75) is 25.1 Å². The van der Waals surface area contributed by atoms with Gasteiger partial charge in [-0.3, -0.25) is 9.20 Å². The highest BCUT2D eigenvalue weighted by Gasteiger charge is 2.41. The van der Waals surface area contributed by atoms with E-state index in [1.807, 2.05) is 16.7 Å². The molecule has 3 N–H and O–H groups in total. The summed E-state index contributed by atoms with van der Waals surface area (Å²) < 4.78 is 43.0. The predicted octanol–water partition coefficient (Wildman–Crippen LogP) is 5.11. The number of rotatable bonds is 7. The van der Waals surface area contributed by atoms with Gasteiger partial charge in [-0.1, -0.05) is 34.5 Å². The molecule has 1 fully saturated rings. The highest BCUT2D eigenvalue weighted by atomic mass is 35.5. The Labute approximate surface area is 238 Å². The van der Waals surface area contributed by atoms with Crippen molar-refractivity contribution in [1.82, 2.24) is 19.4 Å². The van der Waals surface area contributed by atoms with Crippen LogP contribution < -0.4 is 16.0 Å². The Kier molecular flexibility index (Phi) is 7.75. The number of piperidine rings is 1. The third-order valence-electron chi connectivity index (χ3n) is 6.08. The van der Waals surface area contributed by atoms with E-state index in [0.29, 0.717) is 51.1 Å². The Morgan fingerprint density at radius 1 is 1.23 bits per heavy atom. The summed E-state index contributed by atoms with van der Waals surface area (Å²) in [6.07, 6.45) is -0.125. The molecule has 1 unspecified atom stereocenters. The number of benzene rings is 1. The number of hydrogen-bond acceptors (Lipinski definition) is 10. The summed E-state index contributed by atoms with van der Waals surface area (Å²) in [5, 5.41) is 4.53. The maximum atomic E-state index is 12.4. The number of esters is 1. The van der Waals surface area contributed by atoms with Crippen molar-refractivity contribution in [3.05, 3.63) is 51.6 Å². The molecule has 1 saturated heterocycles. The number of nitrogens with zero attached hydrogens (tertiary/aromatic N) is 5. The van der Waals surface area contributed by atoms with Crippen molar-refractivity contribution >= 4 is 68.8 Å². The number of nitrogen functional groups attached to an aromatic ring is 1. The maximum Gasteiger partial charge on any atom is 0.490 e. The lowest BCUT2D eigenvalue weighted by atomic mass is 10.1. The highest BCUT2D eigenvalue weighted by Crippen LogP contribution is 2.33. The number of ether oxygens (including phenoxy) is 1. The van der Waals surface area contributed by atoms with Crippen LogP contribution >= 0.6 is 34.5 Å². The second-order valence-electron chi connectivity index (χ2n) is 8.88. The predicted molar refractivity (Wildman–Crippen MR) is 145 cm³/mol. The van der Waals surface area contributed by atoms with Crippen LogP contribution in [0.3, 0.4) is 0 Å². The van der Waals surface area contributed by atoms with E-state index in [0.717, 1.165) is 24.2 Å². The Hall–Kier alpha value is -3.62. The van der Waals surface area contributed by atoms with Crippen molar-refractivity contribution < 1.29 is 27.5 Å². The number of nitrogens with two attached hydrogens (primary N) is 1. The van der Waals surface area contributed by atoms with Crippen LogP contribution in [0.5, 0.6) is 0 Å². The Balaban J connectivity index is 1.32. The van der Waals surface area contributed by atoms with Gasteiger partial charge in [-0.25, -0.2) is 19.7 Å². The molecule has 1 aliphatic heterocycles. The van der Waals surface area contributed by atoms with E-state index >= 15 is 0 Å². The largest absolute Gasteiger partial charge is 0.490 e. The Morgan fingerprint density at radius 2 is 2.02 bits per heavy atom. The fraction of sp³-hybridized carbons (Fsp3) is 0.292. The monoisotopic (exact) mass is 613 g/mol. The number of ketones is 1. The summed E-state index contributed by atoms with van der Waals surface area (Å²) in [5.74, 6) is -2.84. The molecule has 1 atom stereocenters. The van der Waals surface area contributed by atoms with Crippen LogP contribution in [0, 0.1) is 0 Å². The first-order chi connectivity index (χ1) is 19.0. The molecule has 0 aliphatic carbocycles. The van der Waals surface area contributed by atoms with Gasteiger partial charge in [-0.2, -0.15) is 13.2 Å². The molecule has 210 valence electrons. The van der Waals surface area contributed by atoms with Gasteiger partial charge in [0.25, 0.3) is 0 Å². The van der Waals surface area contributed by atoms with Gasteiger partial charge in [0, 0.05) is 48.2 Å². The van der Waals surface area contributed by atoms with Gasteiger partial charge in [0.05, 0.1) is 10.7 Å². The molecule has 4 aromatic rings. The number of aromatic nitrogens is 4. The van der Waals surface area contributed by atoms with Gasteiger partial charge < -0.3 is 20.7 Å². The number of hydrogen-bond donors (Lipinski definition) is 2. The van der Waals surface area contributed by atoms with Crippen molar-refractivity contribution in [2.75, 3.05) is 35.6 Å². The van der Waals surface area contributed by atoms with Gasteiger partial charge in [0.15, 0.2) is 11.7 Å². The van der Waals surface area contributed by atoms with Crippen molar-refractivity contribution in [1.29, 1.82) is 0 Å². The summed E-state index contributed by atoms with van der Waals surface area (Å²) in [7, 11) is 0. The molecular formula is C24H20Cl2F3N7O3S. The topological polar surface area (TPSA) is 128 Å². The second-order valence-corrected chi connectivity index (χ2v) is 10.7. The van der Waals surface area contributed by atoms with Crippen LogP contribution in [0.4, 0.5) is 30.1 Å². The number of Topliss-reactive ketones (excluding diaryl/α,β-unsaturated/α-hetero) is 1. The zero-order valence-electron chi connectivity index (χ0n) is 20.4. The zero-order chi connectivity index (χ0) is 28.6. The van der Waals surface area contributed by atoms with Gasteiger partial charge >= 0.3 is 12.1 Å². The number of thiazole rings is 1. The van der Waals surface area contributed by atoms with Gasteiger partial charge in [0.1, 0.15) is 16.3 Å². The van der Waals surface area contributed by atoms with Gasteiger partial charge in [-0.05, 0) is 31.0 Å². The first-order valence-electron chi connectivity index (χ1n) is 11.8. The normalized spacial score (nSPS) is 15.8. The minimum atomic E-state index is -5.20. The molecular weight excluding hydrogens is 594 g/mol. The van der Waals surface area contributed by atoms with Crippen molar-refractivity contribution in [3.8, 4) is 11.3 Å². The van der Waals surface area contributed by atoms with E-state index in [1.165, 1.54) is 0 Å². The lowest BCUT2D eigenvalue weighted by molar-refractivity contribution is -0.198. The fourth-order valence-electron chi connectivity index (χ4n) is 4.29. The number of imidazole rings is 1. The van der Waals surface area contributed by atoms with Gasteiger partial charge in [-0.15, -0.1) is 0 Å². The van der Waals surface area contributed by atoms with E-state index in [4.69, 9.17) is 33.9 Å². The van der Waals surface area contributed by atoms with E-state index < -0.39 is 24.5 Å². The standard InChI is InChI=1S/C24H20Cl2F3N7O3S/c25-12-3-4-14(15(26)8-12)16-9-18-31-5-7-36(18)23(33-16)35-6-1-2-13(10-35)32-22-34-20(30)19(40-22)17(37)11-39-21(38)24(27,28)29/h3-5,7-9,13H,1-2,6,10-11,30H2,(H,32,34). The molecule has 10 nitrogen and oxygen atoms in total. The van der Waals surface area contributed by atoms with Crippen molar-refractivity contribution in [3.63, 3.8) is 0 Å². The first-order valence-corrected chi connectivity index (χ1v) is 13.4. The van der Waals surface area contributed by atoms with Crippen LogP contribution in [0.1, 0.15) is 22.5 Å². The third-order valence-corrected chi connectivity index (χ3v) is 7.67. The lowest BCUT2D eigenvalue weighted by Crippen LogP contribution is -2.43. The summed E-state index contributed by atoms with van der Waals surface area (Å²) >= 11 is 13.4. The number of nitrogens with one attached hydrogen (secondary N) is 1. The molecule has 40 heavy (non-hydrogen) atoms. The number of carbonyl (C=O) groups excluding carboxylic acids is 2. The number of fused-ring (bicyclic) bond motifs is 1. The quantitative estimate of drug-likeness (QED) is 0.216. The van der Waals surface area contributed by atoms with E-state index in [9.17, 15) is 22.8 Å². The number of anilines is 3. The van der Waals surface area contributed by atoms with Gasteiger partial charge in [0.2, 0.25) is 11.7 Å². The van der Waals surface area contributed by atoms with E-state index in [2.05, 4.69) is 24.9 Å². The SMILES string of the molecule is Nc1nc(NC2CCCN(c3nc(-c4ccc(Cl)cc4Cl)cc4nccn34)C2)sc1C(=O)COC(=O)C(F)(F)F. The summed E-state index contributed by atoms with van der Waals surface area (Å²) in [6.45, 7) is 0.135. The van der Waals surface area contributed by atoms with Crippen molar-refractivity contribution in [2.24, 2.45) is 0 Å².